The van der Waals surface area contributed by atoms with Gasteiger partial charge in [0.2, 0.25) is 0 Å². The number of rotatable bonds is 3. The molecule has 0 aliphatic carbocycles. The van der Waals surface area contributed by atoms with Gasteiger partial charge in [-0.25, -0.2) is 9.18 Å². The third kappa shape index (κ3) is 3.82. The molecule has 2 unspecified atom stereocenters. The Labute approximate surface area is 93.2 Å². The number of halogens is 1. The average molecular weight is 226 g/mol. The fourth-order valence-corrected chi connectivity index (χ4v) is 0.986. The van der Waals surface area contributed by atoms with Gasteiger partial charge in [0.1, 0.15) is 5.82 Å². The van der Waals surface area contributed by atoms with E-state index in [1.165, 1.54) is 12.3 Å². The molecule has 0 saturated heterocycles. The van der Waals surface area contributed by atoms with Gasteiger partial charge in [-0.1, -0.05) is 0 Å². The quantitative estimate of drug-likeness (QED) is 0.721. The van der Waals surface area contributed by atoms with Crippen LogP contribution in [0.5, 0.6) is 0 Å². The van der Waals surface area contributed by atoms with E-state index in [9.17, 15) is 9.18 Å². The minimum Gasteiger partial charge on any atom is -0.334 e. The molecule has 2 amide bonds. The Balaban J connectivity index is 2.52. The molecule has 5 nitrogen and oxygen atoms in total. The molecule has 0 aliphatic heterocycles. The molecule has 88 valence electrons. The molecule has 1 rings (SSSR count). The SMILES string of the molecule is CC(N)C(C)NC(=O)Nc1cncc(F)c1. The number of carbonyl (C=O) groups excluding carboxylic acids is 1. The van der Waals surface area contributed by atoms with E-state index in [0.717, 1.165) is 6.20 Å². The van der Waals surface area contributed by atoms with Gasteiger partial charge in [-0.15, -0.1) is 0 Å². The maximum atomic E-state index is 12.8. The second-order valence-electron chi connectivity index (χ2n) is 3.64. The molecule has 0 saturated carbocycles. The number of hydrogen-bond donors (Lipinski definition) is 3. The van der Waals surface area contributed by atoms with E-state index in [1.54, 1.807) is 13.8 Å². The normalized spacial score (nSPS) is 14.0. The zero-order chi connectivity index (χ0) is 12.1. The van der Waals surface area contributed by atoms with Crippen LogP contribution < -0.4 is 16.4 Å². The van der Waals surface area contributed by atoms with Crippen molar-refractivity contribution in [3.05, 3.63) is 24.3 Å². The zero-order valence-electron chi connectivity index (χ0n) is 9.20. The topological polar surface area (TPSA) is 80.0 Å². The zero-order valence-corrected chi connectivity index (χ0v) is 9.20. The third-order valence-electron chi connectivity index (χ3n) is 2.11. The van der Waals surface area contributed by atoms with Gasteiger partial charge in [-0.3, -0.25) is 4.98 Å². The molecule has 1 aromatic heterocycles. The van der Waals surface area contributed by atoms with Gasteiger partial charge in [0.15, 0.2) is 0 Å². The van der Waals surface area contributed by atoms with Crippen molar-refractivity contribution in [2.24, 2.45) is 5.73 Å². The number of aromatic nitrogens is 1. The fourth-order valence-electron chi connectivity index (χ4n) is 0.986. The Morgan fingerprint density at radius 2 is 2.19 bits per heavy atom. The van der Waals surface area contributed by atoms with Gasteiger partial charge >= 0.3 is 6.03 Å². The van der Waals surface area contributed by atoms with E-state index in [0.29, 0.717) is 5.69 Å². The van der Waals surface area contributed by atoms with Crippen molar-refractivity contribution in [2.75, 3.05) is 5.32 Å². The maximum absolute atomic E-state index is 12.8. The predicted octanol–water partition coefficient (Wildman–Crippen LogP) is 1.08. The van der Waals surface area contributed by atoms with E-state index in [-0.39, 0.29) is 12.1 Å². The van der Waals surface area contributed by atoms with Crippen LogP contribution >= 0.6 is 0 Å². The second-order valence-corrected chi connectivity index (χ2v) is 3.64. The van der Waals surface area contributed by atoms with Crippen LogP contribution in [0.2, 0.25) is 0 Å². The van der Waals surface area contributed by atoms with Crippen molar-refractivity contribution in [1.82, 2.24) is 10.3 Å². The van der Waals surface area contributed by atoms with Crippen molar-refractivity contribution in [3.8, 4) is 0 Å². The number of anilines is 1. The summed E-state index contributed by atoms with van der Waals surface area (Å²) in [6.07, 6.45) is 2.42. The summed E-state index contributed by atoms with van der Waals surface area (Å²) in [5.41, 5.74) is 5.89. The van der Waals surface area contributed by atoms with Crippen LogP contribution in [-0.4, -0.2) is 23.1 Å². The van der Waals surface area contributed by atoms with Crippen LogP contribution in [0.15, 0.2) is 18.5 Å². The third-order valence-corrected chi connectivity index (χ3v) is 2.11. The fraction of sp³-hybridized carbons (Fsp3) is 0.400. The van der Waals surface area contributed by atoms with Crippen LogP contribution in [0.3, 0.4) is 0 Å². The first-order valence-electron chi connectivity index (χ1n) is 4.92. The van der Waals surface area contributed by atoms with Crippen molar-refractivity contribution in [2.45, 2.75) is 25.9 Å². The molecule has 0 aliphatic rings. The summed E-state index contributed by atoms with van der Waals surface area (Å²) in [6.45, 7) is 3.57. The van der Waals surface area contributed by atoms with Crippen molar-refractivity contribution in [3.63, 3.8) is 0 Å². The number of carbonyl (C=O) groups is 1. The Morgan fingerprint density at radius 1 is 1.50 bits per heavy atom. The van der Waals surface area contributed by atoms with E-state index >= 15 is 0 Å². The minimum atomic E-state index is -0.502. The van der Waals surface area contributed by atoms with Gasteiger partial charge < -0.3 is 16.4 Å². The molecule has 2 atom stereocenters. The molecule has 6 heteroatoms. The first-order valence-corrected chi connectivity index (χ1v) is 4.92. The van der Waals surface area contributed by atoms with Gasteiger partial charge in [-0.2, -0.15) is 0 Å². The molecule has 0 radical (unpaired) electrons. The number of nitrogens with zero attached hydrogens (tertiary/aromatic N) is 1. The Morgan fingerprint density at radius 3 is 2.75 bits per heavy atom. The largest absolute Gasteiger partial charge is 0.334 e. The highest BCUT2D eigenvalue weighted by Crippen LogP contribution is 2.06. The van der Waals surface area contributed by atoms with Crippen LogP contribution in [0.4, 0.5) is 14.9 Å². The standard InChI is InChI=1S/C10H15FN4O/c1-6(12)7(2)14-10(16)15-9-3-8(11)4-13-5-9/h3-7H,12H2,1-2H3,(H2,14,15,16). The van der Waals surface area contributed by atoms with Gasteiger partial charge in [0, 0.05) is 18.2 Å². The molecular weight excluding hydrogens is 211 g/mol. The smallest absolute Gasteiger partial charge is 0.319 e. The van der Waals surface area contributed by atoms with E-state index in [4.69, 9.17) is 5.73 Å². The number of urea groups is 1. The molecule has 0 fully saturated rings. The molecule has 0 aromatic carbocycles. The first-order chi connectivity index (χ1) is 7.49. The van der Waals surface area contributed by atoms with Gasteiger partial charge in [0.05, 0.1) is 18.1 Å². The maximum Gasteiger partial charge on any atom is 0.319 e. The lowest BCUT2D eigenvalue weighted by molar-refractivity contribution is 0.248. The Bertz CT molecular complexity index is 370. The number of pyridine rings is 1. The van der Waals surface area contributed by atoms with Crippen LogP contribution in [-0.2, 0) is 0 Å². The number of amides is 2. The summed E-state index contributed by atoms with van der Waals surface area (Å²) < 4.78 is 12.8. The van der Waals surface area contributed by atoms with Crippen molar-refractivity contribution >= 4 is 11.7 Å². The van der Waals surface area contributed by atoms with E-state index in [1.807, 2.05) is 0 Å². The number of hydrogen-bond acceptors (Lipinski definition) is 3. The van der Waals surface area contributed by atoms with Crippen molar-refractivity contribution in [1.29, 1.82) is 0 Å². The summed E-state index contributed by atoms with van der Waals surface area (Å²) in [7, 11) is 0. The summed E-state index contributed by atoms with van der Waals surface area (Å²) in [4.78, 5) is 15.0. The van der Waals surface area contributed by atoms with Crippen LogP contribution in [0.25, 0.3) is 0 Å². The monoisotopic (exact) mass is 226 g/mol. The lowest BCUT2D eigenvalue weighted by Crippen LogP contribution is -2.45. The molecule has 1 aromatic rings. The molecule has 1 heterocycles. The summed E-state index contributed by atoms with van der Waals surface area (Å²) in [5.74, 6) is -0.502. The van der Waals surface area contributed by atoms with Crippen LogP contribution in [0.1, 0.15) is 13.8 Å². The first kappa shape index (κ1) is 12.4. The predicted molar refractivity (Wildman–Crippen MR) is 59.5 cm³/mol. The van der Waals surface area contributed by atoms with Crippen LogP contribution in [0, 0.1) is 5.82 Å². The minimum absolute atomic E-state index is 0.156. The number of nitrogens with two attached hydrogens (primary N) is 1. The van der Waals surface area contributed by atoms with Gasteiger partial charge in [0.25, 0.3) is 0 Å². The Hall–Kier alpha value is -1.69. The van der Waals surface area contributed by atoms with Crippen molar-refractivity contribution < 1.29 is 9.18 Å². The Kier molecular flexibility index (Phi) is 4.19. The highest BCUT2D eigenvalue weighted by Gasteiger charge is 2.10. The molecule has 16 heavy (non-hydrogen) atoms. The summed E-state index contributed by atoms with van der Waals surface area (Å²) in [6, 6.07) is 0.429. The summed E-state index contributed by atoms with van der Waals surface area (Å²) in [5, 5.41) is 5.08. The highest BCUT2D eigenvalue weighted by atomic mass is 19.1. The van der Waals surface area contributed by atoms with E-state index in [2.05, 4.69) is 15.6 Å². The average Bonchev–Trinajstić information content (AvgIpc) is 2.16. The summed E-state index contributed by atoms with van der Waals surface area (Å²) >= 11 is 0. The molecule has 0 spiro atoms. The lowest BCUT2D eigenvalue weighted by atomic mass is 10.2. The lowest BCUT2D eigenvalue weighted by Gasteiger charge is -2.17. The molecule has 0 bridgehead atoms. The second kappa shape index (κ2) is 5.41. The van der Waals surface area contributed by atoms with E-state index < -0.39 is 11.8 Å². The molecule has 4 N–H and O–H groups in total. The highest BCUT2D eigenvalue weighted by molar-refractivity contribution is 5.89. The molecular formula is C10H15FN4O. The van der Waals surface area contributed by atoms with Gasteiger partial charge in [-0.05, 0) is 13.8 Å². The number of nitrogens with one attached hydrogen (secondary N) is 2.